The normalized spacial score (nSPS) is 10.8. The quantitative estimate of drug-likeness (QED) is 0.559. The zero-order valence-corrected chi connectivity index (χ0v) is 15.2. The van der Waals surface area contributed by atoms with E-state index in [4.69, 9.17) is 9.72 Å². The number of para-hydroxylation sites is 2. The summed E-state index contributed by atoms with van der Waals surface area (Å²) in [4.78, 5) is 17.3. The van der Waals surface area contributed by atoms with Gasteiger partial charge in [-0.15, -0.1) is 0 Å². The Bertz CT molecular complexity index is 1140. The maximum absolute atomic E-state index is 13.1. The minimum Gasteiger partial charge on any atom is -0.497 e. The van der Waals surface area contributed by atoms with Crippen LogP contribution in [0.15, 0.2) is 72.8 Å². The molecule has 0 radical (unpaired) electrons. The minimum atomic E-state index is -0.348. The fraction of sp³-hybridized carbons (Fsp3) is 0.0909. The second kappa shape index (κ2) is 7.52. The lowest BCUT2D eigenvalue weighted by Gasteiger charge is -2.11. The number of nitrogens with zero attached hydrogens (tertiary/aromatic N) is 2. The van der Waals surface area contributed by atoms with E-state index in [2.05, 4.69) is 5.32 Å². The van der Waals surface area contributed by atoms with Gasteiger partial charge in [0.2, 0.25) is 5.91 Å². The molecular formula is C22H18FN3O2. The van der Waals surface area contributed by atoms with Crippen LogP contribution in [0.1, 0.15) is 0 Å². The molecule has 0 aliphatic heterocycles. The number of carbonyl (C=O) groups excluding carboxylic acids is 1. The number of aromatic nitrogens is 2. The molecule has 5 nitrogen and oxygen atoms in total. The first-order valence-electron chi connectivity index (χ1n) is 8.79. The van der Waals surface area contributed by atoms with Gasteiger partial charge in [0.15, 0.2) is 0 Å². The highest BCUT2D eigenvalue weighted by atomic mass is 19.1. The molecule has 0 saturated heterocycles. The molecule has 0 aliphatic rings. The molecule has 1 heterocycles. The molecule has 0 fully saturated rings. The number of fused-ring (bicyclic) bond motifs is 1. The number of methoxy groups -OCH3 is 1. The zero-order valence-electron chi connectivity index (χ0n) is 15.2. The van der Waals surface area contributed by atoms with Crippen molar-refractivity contribution in [1.82, 2.24) is 9.55 Å². The van der Waals surface area contributed by atoms with Gasteiger partial charge in [0.25, 0.3) is 0 Å². The van der Waals surface area contributed by atoms with Gasteiger partial charge in [0.05, 0.1) is 18.1 Å². The first kappa shape index (κ1) is 17.7. The molecule has 4 aromatic rings. The van der Waals surface area contributed by atoms with Crippen molar-refractivity contribution in [2.24, 2.45) is 0 Å². The number of benzene rings is 3. The van der Waals surface area contributed by atoms with E-state index in [0.717, 1.165) is 16.6 Å². The molecule has 1 aromatic heterocycles. The maximum atomic E-state index is 13.1. The van der Waals surface area contributed by atoms with Gasteiger partial charge in [-0.2, -0.15) is 0 Å². The largest absolute Gasteiger partial charge is 0.497 e. The van der Waals surface area contributed by atoms with Crippen molar-refractivity contribution < 1.29 is 13.9 Å². The van der Waals surface area contributed by atoms with Gasteiger partial charge in [-0.1, -0.05) is 24.3 Å². The van der Waals surface area contributed by atoms with Crippen molar-refractivity contribution in [2.75, 3.05) is 12.4 Å². The highest BCUT2D eigenvalue weighted by Crippen LogP contribution is 2.27. The van der Waals surface area contributed by atoms with Crippen LogP contribution in [0.3, 0.4) is 0 Å². The van der Waals surface area contributed by atoms with Crippen LogP contribution in [0, 0.1) is 5.82 Å². The average Bonchev–Trinajstić information content (AvgIpc) is 3.08. The van der Waals surface area contributed by atoms with Crippen LogP contribution in [-0.2, 0) is 11.3 Å². The maximum Gasteiger partial charge on any atom is 0.244 e. The van der Waals surface area contributed by atoms with Crippen molar-refractivity contribution in [3.63, 3.8) is 0 Å². The second-order valence-electron chi connectivity index (χ2n) is 6.30. The zero-order chi connectivity index (χ0) is 19.5. The Kier molecular flexibility index (Phi) is 4.76. The summed E-state index contributed by atoms with van der Waals surface area (Å²) >= 11 is 0. The predicted molar refractivity (Wildman–Crippen MR) is 107 cm³/mol. The monoisotopic (exact) mass is 375 g/mol. The molecule has 1 amide bonds. The fourth-order valence-electron chi connectivity index (χ4n) is 3.10. The van der Waals surface area contributed by atoms with Gasteiger partial charge in [0.1, 0.15) is 23.9 Å². The summed E-state index contributed by atoms with van der Waals surface area (Å²) in [6.45, 7) is 0.0738. The van der Waals surface area contributed by atoms with Gasteiger partial charge in [-0.25, -0.2) is 9.37 Å². The molecule has 0 aliphatic carbocycles. The highest BCUT2D eigenvalue weighted by Gasteiger charge is 2.16. The molecule has 6 heteroatoms. The summed E-state index contributed by atoms with van der Waals surface area (Å²) in [5.74, 6) is 0.819. The molecule has 140 valence electrons. The Morgan fingerprint density at radius 3 is 2.64 bits per heavy atom. The third kappa shape index (κ3) is 3.57. The Hall–Kier alpha value is -3.67. The van der Waals surface area contributed by atoms with Gasteiger partial charge >= 0.3 is 0 Å². The SMILES string of the molecule is COc1cccc(-c2nc3ccccc3n2CC(=O)Nc2ccc(F)cc2)c1. The standard InChI is InChI=1S/C22H18FN3O2/c1-28-18-6-4-5-15(13-18)22-25-19-7-2-3-8-20(19)26(22)14-21(27)24-17-11-9-16(23)10-12-17/h2-13H,14H2,1H3,(H,24,27). The van der Waals surface area contributed by atoms with E-state index in [1.807, 2.05) is 53.1 Å². The van der Waals surface area contributed by atoms with Crippen LogP contribution >= 0.6 is 0 Å². The first-order valence-corrected chi connectivity index (χ1v) is 8.79. The van der Waals surface area contributed by atoms with Crippen LogP contribution in [-0.4, -0.2) is 22.6 Å². The van der Waals surface area contributed by atoms with E-state index in [1.165, 1.54) is 24.3 Å². The summed E-state index contributed by atoms with van der Waals surface area (Å²) in [5, 5.41) is 2.79. The number of ether oxygens (including phenoxy) is 1. The summed E-state index contributed by atoms with van der Waals surface area (Å²) in [6, 6.07) is 20.9. The number of hydrogen-bond acceptors (Lipinski definition) is 3. The van der Waals surface area contributed by atoms with E-state index in [1.54, 1.807) is 7.11 Å². The third-order valence-corrected chi connectivity index (χ3v) is 4.41. The smallest absolute Gasteiger partial charge is 0.244 e. The van der Waals surface area contributed by atoms with E-state index >= 15 is 0 Å². The molecule has 0 atom stereocenters. The predicted octanol–water partition coefficient (Wildman–Crippen LogP) is 4.49. The number of amides is 1. The molecule has 4 rings (SSSR count). The minimum absolute atomic E-state index is 0.0738. The van der Waals surface area contributed by atoms with Crippen LogP contribution in [0.2, 0.25) is 0 Å². The van der Waals surface area contributed by atoms with Crippen LogP contribution in [0.5, 0.6) is 5.75 Å². The lowest BCUT2D eigenvalue weighted by atomic mass is 10.2. The van der Waals surface area contributed by atoms with Gasteiger partial charge in [0, 0.05) is 11.3 Å². The van der Waals surface area contributed by atoms with Gasteiger partial charge < -0.3 is 14.6 Å². The molecule has 1 N–H and O–H groups in total. The van der Waals surface area contributed by atoms with Crippen molar-refractivity contribution >= 4 is 22.6 Å². The molecule has 0 unspecified atom stereocenters. The van der Waals surface area contributed by atoms with Gasteiger partial charge in [-0.3, -0.25) is 4.79 Å². The lowest BCUT2D eigenvalue weighted by Crippen LogP contribution is -2.19. The number of rotatable bonds is 5. The van der Waals surface area contributed by atoms with E-state index in [-0.39, 0.29) is 18.3 Å². The first-order chi connectivity index (χ1) is 13.6. The Labute approximate surface area is 161 Å². The Morgan fingerprint density at radius 1 is 1.07 bits per heavy atom. The number of nitrogens with one attached hydrogen (secondary N) is 1. The molecule has 0 spiro atoms. The van der Waals surface area contributed by atoms with E-state index in [0.29, 0.717) is 17.3 Å². The summed E-state index contributed by atoms with van der Waals surface area (Å²) < 4.78 is 20.2. The summed E-state index contributed by atoms with van der Waals surface area (Å²) in [7, 11) is 1.61. The van der Waals surface area contributed by atoms with Crippen LogP contribution < -0.4 is 10.1 Å². The molecule has 3 aromatic carbocycles. The Morgan fingerprint density at radius 2 is 1.86 bits per heavy atom. The molecule has 0 saturated carbocycles. The second-order valence-corrected chi connectivity index (χ2v) is 6.30. The van der Waals surface area contributed by atoms with E-state index < -0.39 is 0 Å². The van der Waals surface area contributed by atoms with Gasteiger partial charge in [-0.05, 0) is 48.5 Å². The summed E-state index contributed by atoms with van der Waals surface area (Å²) in [5.41, 5.74) is 3.05. The number of hydrogen-bond donors (Lipinski definition) is 1. The van der Waals surface area contributed by atoms with Crippen LogP contribution in [0.4, 0.5) is 10.1 Å². The van der Waals surface area contributed by atoms with E-state index in [9.17, 15) is 9.18 Å². The van der Waals surface area contributed by atoms with Crippen molar-refractivity contribution in [3.05, 3.63) is 78.6 Å². The summed E-state index contributed by atoms with van der Waals surface area (Å²) in [6.07, 6.45) is 0. The Balaban J connectivity index is 1.70. The number of carbonyl (C=O) groups is 1. The number of imidazole rings is 1. The topological polar surface area (TPSA) is 56.2 Å². The average molecular weight is 375 g/mol. The lowest BCUT2D eigenvalue weighted by molar-refractivity contribution is -0.116. The van der Waals surface area contributed by atoms with Crippen molar-refractivity contribution in [2.45, 2.75) is 6.54 Å². The number of anilines is 1. The number of halogens is 1. The molecule has 28 heavy (non-hydrogen) atoms. The molecular weight excluding hydrogens is 357 g/mol. The fourth-order valence-corrected chi connectivity index (χ4v) is 3.10. The van der Waals surface area contributed by atoms with Crippen LogP contribution in [0.25, 0.3) is 22.4 Å². The third-order valence-electron chi connectivity index (χ3n) is 4.41. The molecule has 0 bridgehead atoms. The van der Waals surface area contributed by atoms with Crippen molar-refractivity contribution in [1.29, 1.82) is 0 Å². The highest BCUT2D eigenvalue weighted by molar-refractivity contribution is 5.92. The van der Waals surface area contributed by atoms with Crippen molar-refractivity contribution in [3.8, 4) is 17.1 Å².